The van der Waals surface area contributed by atoms with E-state index >= 15 is 0 Å². The fourth-order valence-electron chi connectivity index (χ4n) is 3.17. The van der Waals surface area contributed by atoms with Gasteiger partial charge >= 0.3 is 0 Å². The highest BCUT2D eigenvalue weighted by atomic mass is 16.5. The van der Waals surface area contributed by atoms with E-state index in [9.17, 15) is 0 Å². The molecule has 2 rings (SSSR count). The second-order valence-electron chi connectivity index (χ2n) is 6.23. The van der Waals surface area contributed by atoms with Gasteiger partial charge in [0.25, 0.3) is 0 Å². The lowest BCUT2D eigenvalue weighted by atomic mass is 9.91. The summed E-state index contributed by atoms with van der Waals surface area (Å²) in [7, 11) is 1.72. The van der Waals surface area contributed by atoms with E-state index in [1.54, 1.807) is 7.11 Å². The minimum absolute atomic E-state index is 0.628. The topological polar surface area (TPSA) is 24.5 Å². The Morgan fingerprint density at radius 2 is 2.10 bits per heavy atom. The fourth-order valence-corrected chi connectivity index (χ4v) is 3.17. The van der Waals surface area contributed by atoms with Crippen molar-refractivity contribution in [1.82, 2.24) is 10.2 Å². The molecule has 1 fully saturated rings. The van der Waals surface area contributed by atoms with Crippen molar-refractivity contribution in [3.05, 3.63) is 29.8 Å². The number of hydrogen-bond donors (Lipinski definition) is 1. The maximum atomic E-state index is 5.22. The third-order valence-corrected chi connectivity index (χ3v) is 4.53. The van der Waals surface area contributed by atoms with E-state index < -0.39 is 0 Å². The maximum Gasteiger partial charge on any atom is 0.118 e. The molecule has 1 N–H and O–H groups in total. The van der Waals surface area contributed by atoms with E-state index in [0.29, 0.717) is 6.04 Å². The van der Waals surface area contributed by atoms with Crippen molar-refractivity contribution in [2.45, 2.75) is 45.7 Å². The quantitative estimate of drug-likeness (QED) is 0.834. The van der Waals surface area contributed by atoms with Crippen molar-refractivity contribution in [2.24, 2.45) is 5.92 Å². The van der Waals surface area contributed by atoms with Gasteiger partial charge in [-0.05, 0) is 62.9 Å². The van der Waals surface area contributed by atoms with Crippen LogP contribution in [0.15, 0.2) is 24.3 Å². The van der Waals surface area contributed by atoms with Crippen LogP contribution in [0.2, 0.25) is 0 Å². The van der Waals surface area contributed by atoms with Crippen LogP contribution in [0.5, 0.6) is 5.75 Å². The van der Waals surface area contributed by atoms with Crippen molar-refractivity contribution in [1.29, 1.82) is 0 Å². The molecule has 0 amide bonds. The zero-order valence-corrected chi connectivity index (χ0v) is 13.8. The zero-order valence-electron chi connectivity index (χ0n) is 13.8. The second-order valence-corrected chi connectivity index (χ2v) is 6.23. The molecule has 1 heterocycles. The zero-order chi connectivity index (χ0) is 15.1. The molecule has 1 aliphatic rings. The monoisotopic (exact) mass is 290 g/mol. The average molecular weight is 290 g/mol. The molecule has 0 saturated carbocycles. The summed E-state index contributed by atoms with van der Waals surface area (Å²) >= 11 is 0. The lowest BCUT2D eigenvalue weighted by Gasteiger charge is -2.36. The molecule has 1 saturated heterocycles. The number of ether oxygens (including phenoxy) is 1. The van der Waals surface area contributed by atoms with E-state index in [0.717, 1.165) is 24.8 Å². The minimum atomic E-state index is 0.628. The summed E-state index contributed by atoms with van der Waals surface area (Å²) in [5.74, 6) is 1.72. The largest absolute Gasteiger partial charge is 0.497 e. The molecule has 0 bridgehead atoms. The van der Waals surface area contributed by atoms with Gasteiger partial charge in [-0.25, -0.2) is 0 Å². The molecule has 0 radical (unpaired) electrons. The first kappa shape index (κ1) is 16.3. The molecular formula is C18H30N2O. The van der Waals surface area contributed by atoms with Crippen LogP contribution in [0.1, 0.15) is 38.7 Å². The highest BCUT2D eigenvalue weighted by Crippen LogP contribution is 2.22. The first-order chi connectivity index (χ1) is 10.2. The Morgan fingerprint density at radius 3 is 2.76 bits per heavy atom. The average Bonchev–Trinajstić information content (AvgIpc) is 2.53. The smallest absolute Gasteiger partial charge is 0.118 e. The van der Waals surface area contributed by atoms with E-state index in [-0.39, 0.29) is 0 Å². The van der Waals surface area contributed by atoms with E-state index in [2.05, 4.69) is 48.3 Å². The first-order valence-electron chi connectivity index (χ1n) is 8.31. The standard InChI is InChI=1S/C18H30N2O/c1-4-11-19-15(2)17-6-5-12-20(14-17)13-16-7-9-18(21-3)10-8-16/h7-10,15,17,19H,4-6,11-14H2,1-3H3. The van der Waals surface area contributed by atoms with Crippen LogP contribution in [0.3, 0.4) is 0 Å². The molecule has 3 heteroatoms. The van der Waals surface area contributed by atoms with Gasteiger partial charge in [0.1, 0.15) is 5.75 Å². The van der Waals surface area contributed by atoms with E-state index in [1.165, 1.54) is 37.9 Å². The molecule has 2 unspecified atom stereocenters. The van der Waals surface area contributed by atoms with Gasteiger partial charge < -0.3 is 10.1 Å². The lowest BCUT2D eigenvalue weighted by Crippen LogP contribution is -2.44. The number of hydrogen-bond acceptors (Lipinski definition) is 3. The first-order valence-corrected chi connectivity index (χ1v) is 8.31. The highest BCUT2D eigenvalue weighted by molar-refractivity contribution is 5.27. The summed E-state index contributed by atoms with van der Waals surface area (Å²) in [6, 6.07) is 9.11. The Labute approximate surface area is 129 Å². The molecule has 2 atom stereocenters. The van der Waals surface area contributed by atoms with Gasteiger partial charge in [-0.2, -0.15) is 0 Å². The third kappa shape index (κ3) is 5.01. The molecule has 1 aromatic rings. The highest BCUT2D eigenvalue weighted by Gasteiger charge is 2.24. The molecule has 3 nitrogen and oxygen atoms in total. The summed E-state index contributed by atoms with van der Waals surface area (Å²) < 4.78 is 5.22. The lowest BCUT2D eigenvalue weighted by molar-refractivity contribution is 0.144. The summed E-state index contributed by atoms with van der Waals surface area (Å²) in [5.41, 5.74) is 1.38. The molecule has 0 spiro atoms. The number of benzene rings is 1. The van der Waals surface area contributed by atoms with Crippen molar-refractivity contribution < 1.29 is 4.74 Å². The number of nitrogens with one attached hydrogen (secondary N) is 1. The van der Waals surface area contributed by atoms with Gasteiger partial charge in [0.2, 0.25) is 0 Å². The number of nitrogens with zero attached hydrogens (tertiary/aromatic N) is 1. The van der Waals surface area contributed by atoms with Gasteiger partial charge in [-0.3, -0.25) is 4.90 Å². The normalized spacial score (nSPS) is 21.2. The summed E-state index contributed by atoms with van der Waals surface area (Å²) in [5, 5.41) is 3.66. The second kappa shape index (κ2) is 8.40. The Balaban J connectivity index is 1.85. The molecular weight excluding hydrogens is 260 g/mol. The van der Waals surface area contributed by atoms with E-state index in [1.807, 2.05) is 0 Å². The van der Waals surface area contributed by atoms with Crippen molar-refractivity contribution in [3.8, 4) is 5.75 Å². The number of methoxy groups -OCH3 is 1. The van der Waals surface area contributed by atoms with Gasteiger partial charge in [0.15, 0.2) is 0 Å². The van der Waals surface area contributed by atoms with Crippen LogP contribution in [0.4, 0.5) is 0 Å². The van der Waals surface area contributed by atoms with Crippen molar-refractivity contribution in [3.63, 3.8) is 0 Å². The molecule has 118 valence electrons. The van der Waals surface area contributed by atoms with Gasteiger partial charge in [0, 0.05) is 19.1 Å². The van der Waals surface area contributed by atoms with Gasteiger partial charge in [-0.1, -0.05) is 19.1 Å². The maximum absolute atomic E-state index is 5.22. The van der Waals surface area contributed by atoms with Crippen LogP contribution in [0, 0.1) is 5.92 Å². The minimum Gasteiger partial charge on any atom is -0.497 e. The van der Waals surface area contributed by atoms with Crippen molar-refractivity contribution in [2.75, 3.05) is 26.7 Å². The van der Waals surface area contributed by atoms with Crippen LogP contribution in [0.25, 0.3) is 0 Å². The predicted molar refractivity (Wildman–Crippen MR) is 88.8 cm³/mol. The number of piperidine rings is 1. The molecule has 21 heavy (non-hydrogen) atoms. The molecule has 1 aromatic carbocycles. The Bertz CT molecular complexity index is 404. The summed E-state index contributed by atoms with van der Waals surface area (Å²) in [6.45, 7) is 9.21. The Hall–Kier alpha value is -1.06. The molecule has 0 aromatic heterocycles. The van der Waals surface area contributed by atoms with Crippen LogP contribution in [-0.4, -0.2) is 37.7 Å². The van der Waals surface area contributed by atoms with Crippen molar-refractivity contribution >= 4 is 0 Å². The summed E-state index contributed by atoms with van der Waals surface area (Å²) in [4.78, 5) is 2.60. The van der Waals surface area contributed by atoms with Crippen LogP contribution in [-0.2, 0) is 6.54 Å². The van der Waals surface area contributed by atoms with Gasteiger partial charge in [0.05, 0.1) is 7.11 Å². The summed E-state index contributed by atoms with van der Waals surface area (Å²) in [6.07, 6.45) is 3.89. The van der Waals surface area contributed by atoms with Crippen LogP contribution >= 0.6 is 0 Å². The number of rotatable bonds is 7. The Kier molecular flexibility index (Phi) is 6.52. The van der Waals surface area contributed by atoms with Crippen LogP contribution < -0.4 is 10.1 Å². The van der Waals surface area contributed by atoms with Gasteiger partial charge in [-0.15, -0.1) is 0 Å². The van der Waals surface area contributed by atoms with E-state index in [4.69, 9.17) is 4.74 Å². The molecule has 0 aliphatic carbocycles. The Morgan fingerprint density at radius 1 is 1.33 bits per heavy atom. The number of likely N-dealkylation sites (tertiary alicyclic amines) is 1. The predicted octanol–water partition coefficient (Wildman–Crippen LogP) is 3.30. The molecule has 1 aliphatic heterocycles. The fraction of sp³-hybridized carbons (Fsp3) is 0.667. The third-order valence-electron chi connectivity index (χ3n) is 4.53. The SMILES string of the molecule is CCCNC(C)C1CCCN(Cc2ccc(OC)cc2)C1.